The molecule has 0 spiro atoms. The molecule has 30 heavy (non-hydrogen) atoms. The van der Waals surface area contributed by atoms with E-state index in [1.807, 2.05) is 49.3 Å². The van der Waals surface area contributed by atoms with E-state index < -0.39 is 11.8 Å². The minimum atomic E-state index is -1.02. The highest BCUT2D eigenvalue weighted by molar-refractivity contribution is 7.15. The van der Waals surface area contributed by atoms with E-state index in [0.717, 1.165) is 25.7 Å². The number of hydrogen-bond donors (Lipinski definition) is 1. The van der Waals surface area contributed by atoms with Gasteiger partial charge < -0.3 is 15.4 Å². The second-order valence-electron chi connectivity index (χ2n) is 6.78. The predicted octanol–water partition coefficient (Wildman–Crippen LogP) is 2.84. The number of rotatable bonds is 8. The lowest BCUT2D eigenvalue weighted by molar-refractivity contribution is 0.164. The highest BCUT2D eigenvalue weighted by Crippen LogP contribution is 2.30. The van der Waals surface area contributed by atoms with E-state index >= 15 is 0 Å². The van der Waals surface area contributed by atoms with Crippen LogP contribution in [0.15, 0.2) is 59.4 Å². The van der Waals surface area contributed by atoms with E-state index in [-0.39, 0.29) is 25.1 Å². The third-order valence-electron chi connectivity index (χ3n) is 4.34. The molecule has 3 aromatic rings. The Morgan fingerprint density at radius 1 is 1.33 bits per heavy atom. The lowest BCUT2D eigenvalue weighted by atomic mass is 10.1. The van der Waals surface area contributed by atoms with Gasteiger partial charge in [0.05, 0.1) is 19.4 Å². The van der Waals surface area contributed by atoms with Gasteiger partial charge in [-0.15, -0.1) is 11.3 Å². The summed E-state index contributed by atoms with van der Waals surface area (Å²) in [5, 5.41) is 4.01. The standard InChI is InChI=1S/C20H22FN5O3S/c1-24(2)16-5-3-4-15(8-16)18-7-6-17(30-18)11-25-13-23-26(20(25)28)10-14(9-21)12-29-19(22)27/h3-9,13H,10-12H2,1-2H3,(H2,22,27)/b14-9+. The fourth-order valence-corrected chi connectivity index (χ4v) is 3.78. The number of halogens is 1. The molecule has 8 nitrogen and oxygen atoms in total. The molecule has 1 amide bonds. The Bertz CT molecular complexity index is 1120. The van der Waals surface area contributed by atoms with Gasteiger partial charge in [-0.1, -0.05) is 12.1 Å². The lowest BCUT2D eigenvalue weighted by Gasteiger charge is -2.12. The van der Waals surface area contributed by atoms with Crippen molar-refractivity contribution in [2.45, 2.75) is 13.1 Å². The first-order valence-electron chi connectivity index (χ1n) is 9.06. The first kappa shape index (κ1) is 21.3. The molecule has 0 aliphatic heterocycles. The number of hydrogen-bond acceptors (Lipinski definition) is 6. The summed E-state index contributed by atoms with van der Waals surface area (Å²) in [6.45, 7) is -0.128. The van der Waals surface area contributed by atoms with Gasteiger partial charge in [-0.05, 0) is 29.8 Å². The zero-order valence-electron chi connectivity index (χ0n) is 16.6. The Hall–Kier alpha value is -3.40. The molecule has 1 aromatic carbocycles. The first-order chi connectivity index (χ1) is 14.4. The molecule has 158 valence electrons. The van der Waals surface area contributed by atoms with Crippen LogP contribution in [0, 0.1) is 0 Å². The van der Waals surface area contributed by atoms with E-state index in [2.05, 4.69) is 15.9 Å². The Morgan fingerprint density at radius 2 is 2.13 bits per heavy atom. The maximum atomic E-state index is 13.0. The van der Waals surface area contributed by atoms with E-state index in [1.165, 1.54) is 10.9 Å². The molecule has 0 saturated carbocycles. The van der Waals surface area contributed by atoms with Crippen LogP contribution >= 0.6 is 11.3 Å². The smallest absolute Gasteiger partial charge is 0.404 e. The minimum Gasteiger partial charge on any atom is -0.445 e. The van der Waals surface area contributed by atoms with Crippen LogP contribution in [0.2, 0.25) is 0 Å². The lowest BCUT2D eigenvalue weighted by Crippen LogP contribution is -2.26. The third kappa shape index (κ3) is 5.15. The largest absolute Gasteiger partial charge is 0.445 e. The number of thiophene rings is 1. The fraction of sp³-hybridized carbons (Fsp3) is 0.250. The van der Waals surface area contributed by atoms with E-state index in [0.29, 0.717) is 6.54 Å². The van der Waals surface area contributed by atoms with Gasteiger partial charge in [-0.25, -0.2) is 18.7 Å². The monoisotopic (exact) mass is 431 g/mol. The molecule has 0 unspecified atom stereocenters. The number of anilines is 1. The first-order valence-corrected chi connectivity index (χ1v) is 9.88. The van der Waals surface area contributed by atoms with Crippen LogP contribution in [0.1, 0.15) is 4.88 Å². The van der Waals surface area contributed by atoms with Gasteiger partial charge >= 0.3 is 11.8 Å². The maximum absolute atomic E-state index is 13.0. The van der Waals surface area contributed by atoms with Crippen LogP contribution in [0.3, 0.4) is 0 Å². The number of aromatic nitrogens is 3. The molecule has 0 radical (unpaired) electrons. The molecule has 0 atom stereocenters. The normalized spacial score (nSPS) is 11.5. The van der Waals surface area contributed by atoms with Gasteiger partial charge in [0.1, 0.15) is 12.9 Å². The number of benzene rings is 1. The zero-order valence-corrected chi connectivity index (χ0v) is 17.4. The molecule has 2 heterocycles. The Kier molecular flexibility index (Phi) is 6.68. The predicted molar refractivity (Wildman–Crippen MR) is 114 cm³/mol. The molecule has 10 heteroatoms. The van der Waals surface area contributed by atoms with E-state index in [1.54, 1.807) is 11.3 Å². The summed E-state index contributed by atoms with van der Waals surface area (Å²) < 4.78 is 20.1. The van der Waals surface area contributed by atoms with Gasteiger partial charge in [-0.3, -0.25) is 4.57 Å². The molecular weight excluding hydrogens is 409 g/mol. The highest BCUT2D eigenvalue weighted by Gasteiger charge is 2.11. The number of carbonyl (C=O) groups is 1. The topological polar surface area (TPSA) is 95.4 Å². The van der Waals surface area contributed by atoms with Gasteiger partial charge in [0.25, 0.3) is 0 Å². The number of amides is 1. The van der Waals surface area contributed by atoms with Crippen molar-refractivity contribution < 1.29 is 13.9 Å². The average molecular weight is 431 g/mol. The van der Waals surface area contributed by atoms with Crippen LogP contribution in [-0.2, 0) is 17.8 Å². The number of ether oxygens (including phenoxy) is 1. The molecule has 0 fully saturated rings. The summed E-state index contributed by atoms with van der Waals surface area (Å²) in [7, 11) is 3.99. The van der Waals surface area contributed by atoms with Gasteiger partial charge in [0.2, 0.25) is 0 Å². The molecule has 3 rings (SSSR count). The number of primary amides is 1. The van der Waals surface area contributed by atoms with Crippen molar-refractivity contribution in [1.82, 2.24) is 14.3 Å². The highest BCUT2D eigenvalue weighted by atomic mass is 32.1. The van der Waals surface area contributed by atoms with Gasteiger partial charge in [0, 0.05) is 35.1 Å². The summed E-state index contributed by atoms with van der Waals surface area (Å²) >= 11 is 1.59. The van der Waals surface area contributed by atoms with Crippen LogP contribution in [0.25, 0.3) is 10.4 Å². The van der Waals surface area contributed by atoms with Gasteiger partial charge in [0.15, 0.2) is 0 Å². The van der Waals surface area contributed by atoms with Crippen LogP contribution in [-0.4, -0.2) is 41.1 Å². The summed E-state index contributed by atoms with van der Waals surface area (Å²) in [4.78, 5) is 27.3. The van der Waals surface area contributed by atoms with Crippen LogP contribution in [0.4, 0.5) is 14.9 Å². The fourth-order valence-electron chi connectivity index (χ4n) is 2.78. The molecule has 2 N–H and O–H groups in total. The van der Waals surface area contributed by atoms with E-state index in [4.69, 9.17) is 5.73 Å². The van der Waals surface area contributed by atoms with Crippen LogP contribution < -0.4 is 16.3 Å². The average Bonchev–Trinajstić information content (AvgIpc) is 3.33. The Morgan fingerprint density at radius 3 is 2.83 bits per heavy atom. The molecule has 0 saturated heterocycles. The SMILES string of the molecule is CN(C)c1cccc(-c2ccc(Cn3cnn(C/C(=C\F)COC(N)=O)c3=O)s2)c1. The molecule has 2 aromatic heterocycles. The maximum Gasteiger partial charge on any atom is 0.404 e. The van der Waals surface area contributed by atoms with Crippen molar-refractivity contribution in [1.29, 1.82) is 0 Å². The van der Waals surface area contributed by atoms with Crippen molar-refractivity contribution in [3.05, 3.63) is 70.0 Å². The van der Waals surface area contributed by atoms with Crippen LogP contribution in [0.5, 0.6) is 0 Å². The third-order valence-corrected chi connectivity index (χ3v) is 5.46. The molecule has 0 bridgehead atoms. The quantitative estimate of drug-likeness (QED) is 0.592. The molecule has 0 aliphatic carbocycles. The van der Waals surface area contributed by atoms with Crippen molar-refractivity contribution >= 4 is 23.1 Å². The van der Waals surface area contributed by atoms with E-state index in [9.17, 15) is 14.0 Å². The minimum absolute atomic E-state index is 0.0698. The number of nitrogens with two attached hydrogens (primary N) is 1. The van der Waals surface area contributed by atoms with Gasteiger partial charge in [-0.2, -0.15) is 5.10 Å². The van der Waals surface area contributed by atoms with Crippen molar-refractivity contribution in [2.24, 2.45) is 5.73 Å². The Labute approximate surface area is 176 Å². The second kappa shape index (κ2) is 9.40. The van der Waals surface area contributed by atoms with Crippen molar-refractivity contribution in [3.8, 4) is 10.4 Å². The second-order valence-corrected chi connectivity index (χ2v) is 7.95. The summed E-state index contributed by atoms with van der Waals surface area (Å²) in [5.74, 6) is 0. The van der Waals surface area contributed by atoms with Crippen molar-refractivity contribution in [3.63, 3.8) is 0 Å². The number of nitrogens with zero attached hydrogens (tertiary/aromatic N) is 4. The summed E-state index contributed by atoms with van der Waals surface area (Å²) in [5.41, 5.74) is 6.77. The summed E-state index contributed by atoms with van der Waals surface area (Å²) in [6, 6.07) is 12.2. The zero-order chi connectivity index (χ0) is 21.7. The molecular formula is C20H22FN5O3S. The Balaban J connectivity index is 1.72. The van der Waals surface area contributed by atoms with Crippen molar-refractivity contribution in [2.75, 3.05) is 25.6 Å². The molecule has 0 aliphatic rings. The number of carbonyl (C=O) groups excluding carboxylic acids is 1. The summed E-state index contributed by atoms with van der Waals surface area (Å²) in [6.07, 6.45) is 0.665.